The lowest BCUT2D eigenvalue weighted by atomic mass is 9.60. The van der Waals surface area contributed by atoms with Gasteiger partial charge in [-0.2, -0.15) is 0 Å². The summed E-state index contributed by atoms with van der Waals surface area (Å²) in [6, 6.07) is 0. The molecule has 1 rings (SSSR count). The Morgan fingerprint density at radius 1 is 1.56 bits per heavy atom. The van der Waals surface area contributed by atoms with Crippen molar-refractivity contribution < 1.29 is 0 Å². The number of rotatable bonds is 2. The lowest BCUT2D eigenvalue weighted by Gasteiger charge is -2.45. The Labute approximate surface area is 58.7 Å². The van der Waals surface area contributed by atoms with E-state index in [2.05, 4.69) is 20.8 Å². The maximum Gasteiger partial charge on any atom is -0.0300 e. The molecule has 0 heteroatoms. The highest BCUT2D eigenvalue weighted by molar-refractivity contribution is 4.88. The van der Waals surface area contributed by atoms with E-state index < -0.39 is 0 Å². The van der Waals surface area contributed by atoms with Gasteiger partial charge in [0.25, 0.3) is 0 Å². The fraction of sp³-hybridized carbons (Fsp3) is 1.00. The average molecular weight is 126 g/mol. The van der Waals surface area contributed by atoms with Crippen molar-refractivity contribution in [1.82, 2.24) is 0 Å². The normalized spacial score (nSPS) is 42.3. The van der Waals surface area contributed by atoms with Gasteiger partial charge in [-0.1, -0.05) is 27.2 Å². The predicted octanol–water partition coefficient (Wildman–Crippen LogP) is 3.22. The molecule has 2 unspecified atom stereocenters. The molecule has 0 heterocycles. The Morgan fingerprint density at radius 3 is 2.33 bits per heavy atom. The fourth-order valence-electron chi connectivity index (χ4n) is 1.87. The highest BCUT2D eigenvalue weighted by Crippen LogP contribution is 2.49. The second kappa shape index (κ2) is 2.32. The summed E-state index contributed by atoms with van der Waals surface area (Å²) >= 11 is 0. The van der Waals surface area contributed by atoms with Gasteiger partial charge in [-0.25, -0.2) is 0 Å². The molecule has 0 bridgehead atoms. The molecule has 1 aliphatic carbocycles. The first-order chi connectivity index (χ1) is 4.19. The molecule has 1 fully saturated rings. The van der Waals surface area contributed by atoms with Gasteiger partial charge in [0.2, 0.25) is 0 Å². The molecule has 0 nitrogen and oxygen atoms in total. The SMILES string of the molecule is CCCC1(C)CCC1C. The van der Waals surface area contributed by atoms with E-state index in [0.717, 1.165) is 11.3 Å². The molecule has 0 aromatic rings. The standard InChI is InChI=1S/C9H18/c1-4-6-9(3)7-5-8(9)2/h8H,4-7H2,1-3H3. The first-order valence-corrected chi connectivity index (χ1v) is 4.19. The molecule has 2 atom stereocenters. The van der Waals surface area contributed by atoms with Crippen molar-refractivity contribution >= 4 is 0 Å². The summed E-state index contributed by atoms with van der Waals surface area (Å²) < 4.78 is 0. The van der Waals surface area contributed by atoms with Crippen LogP contribution in [0.2, 0.25) is 0 Å². The van der Waals surface area contributed by atoms with E-state index in [4.69, 9.17) is 0 Å². The van der Waals surface area contributed by atoms with E-state index >= 15 is 0 Å². The molecule has 0 saturated heterocycles. The minimum absolute atomic E-state index is 0.731. The van der Waals surface area contributed by atoms with Gasteiger partial charge < -0.3 is 0 Å². The van der Waals surface area contributed by atoms with Crippen molar-refractivity contribution in [3.05, 3.63) is 0 Å². The monoisotopic (exact) mass is 126 g/mol. The zero-order valence-corrected chi connectivity index (χ0v) is 6.91. The van der Waals surface area contributed by atoms with Crippen LogP contribution in [0.5, 0.6) is 0 Å². The lowest BCUT2D eigenvalue weighted by Crippen LogP contribution is -2.35. The largest absolute Gasteiger partial charge is 0.0654 e. The van der Waals surface area contributed by atoms with Crippen LogP contribution in [0, 0.1) is 11.3 Å². The van der Waals surface area contributed by atoms with Crippen LogP contribution in [0.4, 0.5) is 0 Å². The van der Waals surface area contributed by atoms with Crippen molar-refractivity contribution in [3.8, 4) is 0 Å². The molecule has 0 spiro atoms. The van der Waals surface area contributed by atoms with Crippen LogP contribution >= 0.6 is 0 Å². The van der Waals surface area contributed by atoms with Gasteiger partial charge >= 0.3 is 0 Å². The molecule has 0 aromatic carbocycles. The summed E-state index contributed by atoms with van der Waals surface area (Å²) in [5.41, 5.74) is 0.731. The first kappa shape index (κ1) is 7.11. The maximum atomic E-state index is 2.44. The van der Waals surface area contributed by atoms with E-state index in [1.54, 1.807) is 0 Å². The third kappa shape index (κ3) is 1.12. The van der Waals surface area contributed by atoms with Crippen LogP contribution < -0.4 is 0 Å². The van der Waals surface area contributed by atoms with Crippen molar-refractivity contribution in [2.45, 2.75) is 46.5 Å². The first-order valence-electron chi connectivity index (χ1n) is 4.19. The quantitative estimate of drug-likeness (QED) is 0.533. The van der Waals surface area contributed by atoms with Gasteiger partial charge in [0.1, 0.15) is 0 Å². The smallest absolute Gasteiger partial charge is 0.0300 e. The van der Waals surface area contributed by atoms with E-state index in [1.165, 1.54) is 25.7 Å². The molecule has 1 aliphatic rings. The molecule has 54 valence electrons. The van der Waals surface area contributed by atoms with Crippen LogP contribution in [0.25, 0.3) is 0 Å². The topological polar surface area (TPSA) is 0 Å². The van der Waals surface area contributed by atoms with Crippen molar-refractivity contribution in [1.29, 1.82) is 0 Å². The minimum atomic E-state index is 0.731. The van der Waals surface area contributed by atoms with E-state index in [1.807, 2.05) is 0 Å². The predicted molar refractivity (Wildman–Crippen MR) is 41.4 cm³/mol. The summed E-state index contributed by atoms with van der Waals surface area (Å²) in [6.07, 6.45) is 5.74. The van der Waals surface area contributed by atoms with E-state index in [9.17, 15) is 0 Å². The van der Waals surface area contributed by atoms with Crippen molar-refractivity contribution in [2.24, 2.45) is 11.3 Å². The Balaban J connectivity index is 2.34. The van der Waals surface area contributed by atoms with E-state index in [0.29, 0.717) is 0 Å². The summed E-state index contributed by atoms with van der Waals surface area (Å²) in [5, 5.41) is 0. The summed E-state index contributed by atoms with van der Waals surface area (Å²) in [4.78, 5) is 0. The van der Waals surface area contributed by atoms with Gasteiger partial charge in [-0.3, -0.25) is 0 Å². The summed E-state index contributed by atoms with van der Waals surface area (Å²) in [7, 11) is 0. The van der Waals surface area contributed by atoms with Crippen LogP contribution in [0.3, 0.4) is 0 Å². The maximum absolute atomic E-state index is 2.44. The second-order valence-electron chi connectivity index (χ2n) is 3.84. The Bertz CT molecular complexity index is 96.2. The Hall–Kier alpha value is 0. The molecule has 0 aliphatic heterocycles. The lowest BCUT2D eigenvalue weighted by molar-refractivity contribution is 0.0546. The second-order valence-corrected chi connectivity index (χ2v) is 3.84. The van der Waals surface area contributed by atoms with Crippen LogP contribution in [0.15, 0.2) is 0 Å². The Kier molecular flexibility index (Phi) is 1.83. The molecule has 0 N–H and O–H groups in total. The number of hydrogen-bond acceptors (Lipinski definition) is 0. The third-order valence-electron chi connectivity index (χ3n) is 3.16. The zero-order valence-electron chi connectivity index (χ0n) is 6.91. The van der Waals surface area contributed by atoms with Crippen molar-refractivity contribution in [3.63, 3.8) is 0 Å². The Morgan fingerprint density at radius 2 is 2.22 bits per heavy atom. The van der Waals surface area contributed by atoms with Gasteiger partial charge in [0.15, 0.2) is 0 Å². The third-order valence-corrected chi connectivity index (χ3v) is 3.16. The average Bonchev–Trinajstić information content (AvgIpc) is 1.86. The fourth-order valence-corrected chi connectivity index (χ4v) is 1.87. The highest BCUT2D eigenvalue weighted by Gasteiger charge is 2.37. The van der Waals surface area contributed by atoms with Gasteiger partial charge in [0, 0.05) is 0 Å². The molecular weight excluding hydrogens is 108 g/mol. The molecule has 0 radical (unpaired) electrons. The molecule has 1 saturated carbocycles. The summed E-state index contributed by atoms with van der Waals surface area (Å²) in [5.74, 6) is 0.998. The van der Waals surface area contributed by atoms with Crippen LogP contribution in [-0.2, 0) is 0 Å². The number of hydrogen-bond donors (Lipinski definition) is 0. The van der Waals surface area contributed by atoms with Crippen molar-refractivity contribution in [2.75, 3.05) is 0 Å². The molecule has 0 amide bonds. The van der Waals surface area contributed by atoms with E-state index in [-0.39, 0.29) is 0 Å². The highest BCUT2D eigenvalue weighted by atomic mass is 14.4. The molecule has 0 aromatic heterocycles. The summed E-state index contributed by atoms with van der Waals surface area (Å²) in [6.45, 7) is 7.11. The molecular formula is C9H18. The van der Waals surface area contributed by atoms with Crippen LogP contribution in [-0.4, -0.2) is 0 Å². The minimum Gasteiger partial charge on any atom is -0.0654 e. The van der Waals surface area contributed by atoms with Gasteiger partial charge in [-0.15, -0.1) is 0 Å². The molecule has 9 heavy (non-hydrogen) atoms. The van der Waals surface area contributed by atoms with Gasteiger partial charge in [0.05, 0.1) is 0 Å². The van der Waals surface area contributed by atoms with Gasteiger partial charge in [-0.05, 0) is 30.6 Å². The van der Waals surface area contributed by atoms with Crippen LogP contribution in [0.1, 0.15) is 46.5 Å². The zero-order chi connectivity index (χ0) is 6.91.